The molecular weight excluding hydrogens is 360 g/mol. The van der Waals surface area contributed by atoms with E-state index in [-0.39, 0.29) is 11.8 Å². The molecule has 1 atom stereocenters. The number of nitrogens with one attached hydrogen (secondary N) is 2. The topological polar surface area (TPSA) is 70.6 Å². The third-order valence-corrected chi connectivity index (χ3v) is 3.89. The van der Waals surface area contributed by atoms with E-state index in [2.05, 4.69) is 40.4 Å². The predicted molar refractivity (Wildman–Crippen MR) is 95.5 cm³/mol. The molecule has 23 heavy (non-hydrogen) atoms. The Morgan fingerprint density at radius 2 is 2.00 bits per heavy atom. The first kappa shape index (κ1) is 19.8. The number of phenols is 1. The van der Waals surface area contributed by atoms with E-state index in [4.69, 9.17) is 4.74 Å². The number of aromatic hydroxyl groups is 1. The summed E-state index contributed by atoms with van der Waals surface area (Å²) in [6, 6.07) is 5.52. The summed E-state index contributed by atoms with van der Waals surface area (Å²) in [7, 11) is 0. The highest BCUT2D eigenvalue weighted by Gasteiger charge is 2.18. The molecule has 1 unspecified atom stereocenters. The van der Waals surface area contributed by atoms with Gasteiger partial charge in [-0.15, -0.1) is 0 Å². The summed E-state index contributed by atoms with van der Waals surface area (Å²) >= 11 is 3.31. The molecule has 0 aromatic heterocycles. The fraction of sp³-hybridized carbons (Fsp3) is 0.588. The van der Waals surface area contributed by atoms with Gasteiger partial charge in [0.2, 0.25) is 0 Å². The molecule has 130 valence electrons. The maximum Gasteiger partial charge on any atom is 0.407 e. The first-order chi connectivity index (χ1) is 10.6. The first-order valence-electron chi connectivity index (χ1n) is 7.76. The molecule has 0 heterocycles. The van der Waals surface area contributed by atoms with Gasteiger partial charge in [0.15, 0.2) is 0 Å². The summed E-state index contributed by atoms with van der Waals surface area (Å²) in [5.74, 6) is 0.575. The number of halogens is 1. The molecule has 0 fully saturated rings. The number of carbonyl (C=O) groups is 1. The SMILES string of the molecule is CC(C)C(CNC(=O)OC(C)(C)C)NCc1ccc(O)c(Br)c1. The van der Waals surface area contributed by atoms with E-state index in [9.17, 15) is 9.90 Å². The highest BCUT2D eigenvalue weighted by molar-refractivity contribution is 9.10. The van der Waals surface area contributed by atoms with E-state index in [0.29, 0.717) is 23.5 Å². The highest BCUT2D eigenvalue weighted by atomic mass is 79.9. The molecule has 0 spiro atoms. The van der Waals surface area contributed by atoms with Gasteiger partial charge in [0.1, 0.15) is 11.4 Å². The van der Waals surface area contributed by atoms with Gasteiger partial charge in [-0.05, 0) is 60.3 Å². The number of amides is 1. The number of benzene rings is 1. The van der Waals surface area contributed by atoms with Gasteiger partial charge in [0.05, 0.1) is 4.47 Å². The lowest BCUT2D eigenvalue weighted by Gasteiger charge is -2.25. The molecule has 1 aromatic carbocycles. The van der Waals surface area contributed by atoms with Crippen molar-refractivity contribution < 1.29 is 14.6 Å². The van der Waals surface area contributed by atoms with Crippen LogP contribution in [-0.2, 0) is 11.3 Å². The van der Waals surface area contributed by atoms with E-state index >= 15 is 0 Å². The van der Waals surface area contributed by atoms with Crippen LogP contribution in [0.5, 0.6) is 5.75 Å². The summed E-state index contributed by atoms with van der Waals surface area (Å²) < 4.78 is 5.92. The van der Waals surface area contributed by atoms with E-state index in [1.54, 1.807) is 6.07 Å². The molecule has 3 N–H and O–H groups in total. The number of phenolic OH excluding ortho intramolecular Hbond substituents is 1. The van der Waals surface area contributed by atoms with Crippen LogP contribution >= 0.6 is 15.9 Å². The van der Waals surface area contributed by atoms with Crippen LogP contribution in [0, 0.1) is 5.92 Å². The zero-order chi connectivity index (χ0) is 17.6. The van der Waals surface area contributed by atoms with Gasteiger partial charge in [-0.3, -0.25) is 0 Å². The Morgan fingerprint density at radius 3 is 2.52 bits per heavy atom. The van der Waals surface area contributed by atoms with Crippen LogP contribution in [0.15, 0.2) is 22.7 Å². The third-order valence-electron chi connectivity index (χ3n) is 3.25. The number of hydrogen-bond acceptors (Lipinski definition) is 4. The number of rotatable bonds is 6. The lowest BCUT2D eigenvalue weighted by molar-refractivity contribution is 0.0519. The van der Waals surface area contributed by atoms with Gasteiger partial charge in [0, 0.05) is 19.1 Å². The number of ether oxygens (including phenoxy) is 1. The van der Waals surface area contributed by atoms with Gasteiger partial charge in [-0.2, -0.15) is 0 Å². The van der Waals surface area contributed by atoms with Crippen molar-refractivity contribution >= 4 is 22.0 Å². The average Bonchev–Trinajstić information content (AvgIpc) is 2.40. The van der Waals surface area contributed by atoms with Crippen LogP contribution in [-0.4, -0.2) is 29.4 Å². The minimum Gasteiger partial charge on any atom is -0.507 e. The monoisotopic (exact) mass is 386 g/mol. The average molecular weight is 387 g/mol. The van der Waals surface area contributed by atoms with Gasteiger partial charge < -0.3 is 20.5 Å². The van der Waals surface area contributed by atoms with Gasteiger partial charge in [-0.25, -0.2) is 4.79 Å². The number of hydrogen-bond donors (Lipinski definition) is 3. The largest absolute Gasteiger partial charge is 0.507 e. The van der Waals surface area contributed by atoms with Crippen molar-refractivity contribution in [1.82, 2.24) is 10.6 Å². The molecule has 0 saturated carbocycles. The molecule has 0 aliphatic carbocycles. The van der Waals surface area contributed by atoms with Crippen molar-refractivity contribution in [3.05, 3.63) is 28.2 Å². The van der Waals surface area contributed by atoms with Crippen LogP contribution in [0.1, 0.15) is 40.2 Å². The van der Waals surface area contributed by atoms with Crippen molar-refractivity contribution in [2.75, 3.05) is 6.54 Å². The maximum atomic E-state index is 11.7. The van der Waals surface area contributed by atoms with Gasteiger partial charge in [-0.1, -0.05) is 19.9 Å². The van der Waals surface area contributed by atoms with Gasteiger partial charge >= 0.3 is 6.09 Å². The minimum atomic E-state index is -0.497. The molecule has 1 amide bonds. The lowest BCUT2D eigenvalue weighted by Crippen LogP contribution is -2.45. The number of carbonyl (C=O) groups excluding carboxylic acids is 1. The van der Waals surface area contributed by atoms with Gasteiger partial charge in [0.25, 0.3) is 0 Å². The molecule has 1 aromatic rings. The molecule has 6 heteroatoms. The smallest absolute Gasteiger partial charge is 0.407 e. The van der Waals surface area contributed by atoms with Crippen LogP contribution in [0.2, 0.25) is 0 Å². The second-order valence-corrected chi connectivity index (χ2v) is 7.75. The molecular formula is C17H27BrN2O3. The zero-order valence-corrected chi connectivity index (χ0v) is 16.0. The first-order valence-corrected chi connectivity index (χ1v) is 8.55. The van der Waals surface area contributed by atoms with E-state index < -0.39 is 11.7 Å². The van der Waals surface area contributed by atoms with Crippen LogP contribution in [0.4, 0.5) is 4.79 Å². The Kier molecular flexibility index (Phi) is 7.35. The summed E-state index contributed by atoms with van der Waals surface area (Å²) in [4.78, 5) is 11.7. The maximum absolute atomic E-state index is 11.7. The molecule has 0 aliphatic rings. The van der Waals surface area contributed by atoms with E-state index in [1.165, 1.54) is 0 Å². The Hall–Kier alpha value is -1.27. The quantitative estimate of drug-likeness (QED) is 0.695. The third kappa shape index (κ3) is 7.70. The Labute approximate surface area is 146 Å². The van der Waals surface area contributed by atoms with E-state index in [1.807, 2.05) is 32.9 Å². The van der Waals surface area contributed by atoms with Crippen molar-refractivity contribution in [2.45, 2.75) is 52.8 Å². The molecule has 5 nitrogen and oxygen atoms in total. The van der Waals surface area contributed by atoms with Crippen molar-refractivity contribution in [2.24, 2.45) is 5.92 Å². The Balaban J connectivity index is 2.52. The lowest BCUT2D eigenvalue weighted by atomic mass is 10.0. The summed E-state index contributed by atoms with van der Waals surface area (Å²) in [5.41, 5.74) is 0.556. The number of alkyl carbamates (subject to hydrolysis) is 1. The fourth-order valence-electron chi connectivity index (χ4n) is 1.96. The minimum absolute atomic E-state index is 0.120. The van der Waals surface area contributed by atoms with Crippen molar-refractivity contribution in [1.29, 1.82) is 0 Å². The molecule has 0 radical (unpaired) electrons. The van der Waals surface area contributed by atoms with Crippen LogP contribution < -0.4 is 10.6 Å². The van der Waals surface area contributed by atoms with Crippen LogP contribution in [0.25, 0.3) is 0 Å². The molecule has 0 saturated heterocycles. The predicted octanol–water partition coefficient (Wildman–Crippen LogP) is 3.79. The summed E-state index contributed by atoms with van der Waals surface area (Å²) in [6.45, 7) is 10.9. The molecule has 1 rings (SSSR count). The zero-order valence-electron chi connectivity index (χ0n) is 14.4. The van der Waals surface area contributed by atoms with Crippen molar-refractivity contribution in [3.8, 4) is 5.75 Å². The summed E-state index contributed by atoms with van der Waals surface area (Å²) in [5, 5.41) is 15.8. The van der Waals surface area contributed by atoms with E-state index in [0.717, 1.165) is 5.56 Å². The van der Waals surface area contributed by atoms with Crippen molar-refractivity contribution in [3.63, 3.8) is 0 Å². The summed E-state index contributed by atoms with van der Waals surface area (Å²) in [6.07, 6.45) is -0.405. The second-order valence-electron chi connectivity index (χ2n) is 6.90. The normalized spacial score (nSPS) is 13.0. The Bertz CT molecular complexity index is 527. The standard InChI is InChI=1S/C17H27BrN2O3/c1-11(2)14(10-20-16(22)23-17(3,4)5)19-9-12-6-7-15(21)13(18)8-12/h6-8,11,14,19,21H,9-10H2,1-5H3,(H,20,22). The molecule has 0 aliphatic heterocycles. The van der Waals surface area contributed by atoms with Crippen LogP contribution in [0.3, 0.4) is 0 Å². The highest BCUT2D eigenvalue weighted by Crippen LogP contribution is 2.24. The fourth-order valence-corrected chi connectivity index (χ4v) is 2.39. The Morgan fingerprint density at radius 1 is 1.35 bits per heavy atom. The molecule has 0 bridgehead atoms. The second kappa shape index (κ2) is 8.55.